The molecule has 0 saturated heterocycles. The molecule has 39 heavy (non-hydrogen) atoms. The molecule has 2 heterocycles. The number of thiazole rings is 1. The van der Waals surface area contributed by atoms with Crippen LogP contribution in [-0.4, -0.2) is 11.2 Å². The number of aryl methyl sites for hydroxylation is 2. The van der Waals surface area contributed by atoms with Crippen molar-refractivity contribution >= 4 is 32.9 Å². The van der Waals surface area contributed by atoms with Gasteiger partial charge in [0, 0.05) is 23.4 Å². The van der Waals surface area contributed by atoms with Crippen molar-refractivity contribution in [2.45, 2.75) is 59.6 Å². The van der Waals surface area contributed by atoms with Crippen molar-refractivity contribution in [2.24, 2.45) is 12.5 Å². The SMILES string of the molecule is Cc1c(-c2c3ccc(-c4nc(CC(C)(C)C(F)(F)F)cs4)cc3cc[n+]2C)cc(C(C)(C)C)c2ccccc12. The largest absolute Gasteiger partial charge is 0.394 e. The predicted octanol–water partition coefficient (Wildman–Crippen LogP) is 9.34. The van der Waals surface area contributed by atoms with Crippen molar-refractivity contribution in [2.75, 3.05) is 0 Å². The van der Waals surface area contributed by atoms with Gasteiger partial charge in [-0.3, -0.25) is 0 Å². The van der Waals surface area contributed by atoms with Gasteiger partial charge in [-0.25, -0.2) is 9.55 Å². The number of aromatic nitrogens is 2. The molecule has 0 atom stereocenters. The molecular weight excluding hydrogens is 513 g/mol. The lowest BCUT2D eigenvalue weighted by atomic mass is 9.80. The Morgan fingerprint density at radius 1 is 0.872 bits per heavy atom. The lowest BCUT2D eigenvalue weighted by molar-refractivity contribution is -0.659. The fourth-order valence-corrected chi connectivity index (χ4v) is 6.12. The quantitative estimate of drug-likeness (QED) is 0.205. The zero-order valence-corrected chi connectivity index (χ0v) is 24.3. The molecule has 5 rings (SSSR count). The minimum Gasteiger partial charge on any atom is -0.241 e. The first-order valence-corrected chi connectivity index (χ1v) is 14.0. The highest BCUT2D eigenvalue weighted by Crippen LogP contribution is 2.42. The second-order valence-electron chi connectivity index (χ2n) is 12.2. The summed E-state index contributed by atoms with van der Waals surface area (Å²) in [6.45, 7) is 11.4. The van der Waals surface area contributed by atoms with Crippen LogP contribution in [0.3, 0.4) is 0 Å². The van der Waals surface area contributed by atoms with Crippen LogP contribution in [0.4, 0.5) is 13.2 Å². The molecular formula is C33H34F3N2S+. The van der Waals surface area contributed by atoms with Gasteiger partial charge in [-0.1, -0.05) is 65.0 Å². The number of fused-ring (bicyclic) bond motifs is 2. The fraction of sp³-hybridized carbons (Fsp3) is 0.333. The number of alkyl halides is 3. The number of halogens is 3. The summed E-state index contributed by atoms with van der Waals surface area (Å²) in [5.74, 6) is 0. The van der Waals surface area contributed by atoms with Crippen LogP contribution in [0.2, 0.25) is 0 Å². The van der Waals surface area contributed by atoms with Crippen molar-refractivity contribution in [3.63, 3.8) is 0 Å². The highest BCUT2D eigenvalue weighted by molar-refractivity contribution is 7.13. The summed E-state index contributed by atoms with van der Waals surface area (Å²) >= 11 is 1.39. The lowest BCUT2D eigenvalue weighted by Crippen LogP contribution is -2.34. The zero-order valence-electron chi connectivity index (χ0n) is 23.5. The van der Waals surface area contributed by atoms with Crippen LogP contribution >= 0.6 is 11.3 Å². The smallest absolute Gasteiger partial charge is 0.241 e. The fourth-order valence-electron chi connectivity index (χ4n) is 5.30. The Kier molecular flexibility index (Phi) is 6.61. The number of nitrogens with zero attached hydrogens (tertiary/aromatic N) is 2. The number of hydrogen-bond acceptors (Lipinski definition) is 2. The molecule has 0 saturated carbocycles. The molecule has 0 radical (unpaired) electrons. The molecule has 0 aliphatic rings. The summed E-state index contributed by atoms with van der Waals surface area (Å²) in [5.41, 5.74) is 4.42. The Hall–Kier alpha value is -3.25. The van der Waals surface area contributed by atoms with Crippen LogP contribution < -0.4 is 4.57 Å². The van der Waals surface area contributed by atoms with E-state index in [1.165, 1.54) is 52.6 Å². The molecule has 0 fully saturated rings. The molecule has 3 aromatic carbocycles. The molecule has 0 spiro atoms. The molecule has 0 N–H and O–H groups in total. The number of pyridine rings is 1. The van der Waals surface area contributed by atoms with E-state index in [1.807, 2.05) is 6.07 Å². The topological polar surface area (TPSA) is 16.8 Å². The molecule has 0 aliphatic carbocycles. The van der Waals surface area contributed by atoms with Gasteiger partial charge in [0.15, 0.2) is 6.20 Å². The third-order valence-electron chi connectivity index (χ3n) is 7.70. The molecule has 2 aromatic heterocycles. The van der Waals surface area contributed by atoms with Crippen molar-refractivity contribution in [1.29, 1.82) is 0 Å². The van der Waals surface area contributed by atoms with E-state index in [0.29, 0.717) is 5.69 Å². The third-order valence-corrected chi connectivity index (χ3v) is 8.64. The minimum absolute atomic E-state index is 0.0262. The van der Waals surface area contributed by atoms with Gasteiger partial charge >= 0.3 is 6.18 Å². The summed E-state index contributed by atoms with van der Waals surface area (Å²) in [4.78, 5) is 4.58. The number of hydrogen-bond donors (Lipinski definition) is 0. The summed E-state index contributed by atoms with van der Waals surface area (Å²) in [6.07, 6.45) is -2.34. The van der Waals surface area contributed by atoms with Crippen molar-refractivity contribution in [3.8, 4) is 21.8 Å². The van der Waals surface area contributed by atoms with Gasteiger partial charge in [0.2, 0.25) is 5.69 Å². The Balaban J connectivity index is 1.63. The van der Waals surface area contributed by atoms with Gasteiger partial charge in [-0.05, 0) is 57.8 Å². The summed E-state index contributed by atoms with van der Waals surface area (Å²) in [5, 5.41) is 7.21. The number of rotatable bonds is 4. The van der Waals surface area contributed by atoms with Gasteiger partial charge < -0.3 is 0 Å². The van der Waals surface area contributed by atoms with E-state index in [0.717, 1.165) is 27.0 Å². The van der Waals surface area contributed by atoms with E-state index in [2.05, 4.69) is 99.0 Å². The van der Waals surface area contributed by atoms with Crippen LogP contribution in [0.1, 0.15) is 51.4 Å². The first-order chi connectivity index (χ1) is 18.2. The normalized spacial score (nSPS) is 13.0. The van der Waals surface area contributed by atoms with E-state index in [9.17, 15) is 13.2 Å². The molecule has 5 aromatic rings. The Morgan fingerprint density at radius 2 is 1.56 bits per heavy atom. The van der Waals surface area contributed by atoms with Crippen molar-refractivity contribution in [1.82, 2.24) is 4.98 Å². The summed E-state index contributed by atoms with van der Waals surface area (Å²) in [7, 11) is 2.07. The standard InChI is InChI=1S/C33H34F3N2S/c1-20-24-10-8-9-11-26(24)28(31(2,3)4)17-27(20)29-25-13-12-22(16-21(25)14-15-38(29)7)30-37-23(19-39-30)18-32(5,6)33(34,35)36/h8-17,19H,18H2,1-7H3/q+1. The monoisotopic (exact) mass is 547 g/mol. The van der Waals surface area contributed by atoms with Gasteiger partial charge in [-0.2, -0.15) is 13.2 Å². The molecule has 0 bridgehead atoms. The van der Waals surface area contributed by atoms with Crippen LogP contribution in [0.15, 0.2) is 66.2 Å². The molecule has 0 unspecified atom stereocenters. The summed E-state index contributed by atoms with van der Waals surface area (Å²) in [6, 6.07) is 19.3. The highest BCUT2D eigenvalue weighted by Gasteiger charge is 2.47. The molecule has 0 amide bonds. The van der Waals surface area contributed by atoms with E-state index in [4.69, 9.17) is 0 Å². The Labute approximate surface area is 232 Å². The van der Waals surface area contributed by atoms with Crippen molar-refractivity contribution in [3.05, 3.63) is 83.0 Å². The van der Waals surface area contributed by atoms with Gasteiger partial charge in [-0.15, -0.1) is 11.3 Å². The lowest BCUT2D eigenvalue weighted by Gasteiger charge is -2.26. The van der Waals surface area contributed by atoms with Crippen molar-refractivity contribution < 1.29 is 17.7 Å². The summed E-state index contributed by atoms with van der Waals surface area (Å²) < 4.78 is 42.4. The van der Waals surface area contributed by atoms with Crippen LogP contribution in [0.25, 0.3) is 43.4 Å². The van der Waals surface area contributed by atoms with Gasteiger partial charge in [0.1, 0.15) is 12.1 Å². The van der Waals surface area contributed by atoms with Gasteiger partial charge in [0.05, 0.1) is 22.1 Å². The Bertz CT molecular complexity index is 1700. The minimum atomic E-state index is -4.28. The van der Waals surface area contributed by atoms with E-state index >= 15 is 0 Å². The van der Waals surface area contributed by atoms with E-state index in [-0.39, 0.29) is 11.8 Å². The first kappa shape index (κ1) is 27.3. The van der Waals surface area contributed by atoms with Crippen LogP contribution in [0.5, 0.6) is 0 Å². The first-order valence-electron chi connectivity index (χ1n) is 13.1. The average molecular weight is 548 g/mol. The van der Waals surface area contributed by atoms with Crippen LogP contribution in [-0.2, 0) is 18.9 Å². The molecule has 6 heteroatoms. The maximum absolute atomic E-state index is 13.4. The Morgan fingerprint density at radius 3 is 2.23 bits per heavy atom. The highest BCUT2D eigenvalue weighted by atomic mass is 32.1. The van der Waals surface area contributed by atoms with E-state index in [1.54, 1.807) is 5.38 Å². The maximum Gasteiger partial charge on any atom is 0.394 e. The molecule has 0 aliphatic heterocycles. The second-order valence-corrected chi connectivity index (χ2v) is 13.0. The van der Waals surface area contributed by atoms with Crippen LogP contribution in [0, 0.1) is 12.3 Å². The maximum atomic E-state index is 13.4. The van der Waals surface area contributed by atoms with E-state index < -0.39 is 11.6 Å². The second kappa shape index (κ2) is 9.44. The molecule has 2 nitrogen and oxygen atoms in total. The van der Waals surface area contributed by atoms with Gasteiger partial charge in [0.25, 0.3) is 0 Å². The average Bonchev–Trinajstić information content (AvgIpc) is 3.31. The zero-order chi connectivity index (χ0) is 28.3. The molecule has 202 valence electrons. The third kappa shape index (κ3) is 4.95. The number of benzene rings is 3. The predicted molar refractivity (Wildman–Crippen MR) is 156 cm³/mol.